The molecule has 0 spiro atoms. The molecule has 0 aliphatic heterocycles. The lowest BCUT2D eigenvalue weighted by Gasteiger charge is -2.32. The van der Waals surface area contributed by atoms with Gasteiger partial charge >= 0.3 is 0 Å². The highest BCUT2D eigenvalue weighted by molar-refractivity contribution is 7.10. The Morgan fingerprint density at radius 2 is 1.90 bits per heavy atom. The van der Waals surface area contributed by atoms with Crippen LogP contribution < -0.4 is 5.73 Å². The van der Waals surface area contributed by atoms with Gasteiger partial charge in [0.2, 0.25) is 0 Å². The number of aryl methyl sites for hydroxylation is 1. The highest BCUT2D eigenvalue weighted by Crippen LogP contribution is 2.32. The van der Waals surface area contributed by atoms with Crippen LogP contribution in [0, 0.1) is 6.92 Å². The maximum Gasteiger partial charge on any atom is 0.0596 e. The molecule has 2 N–H and O–H groups in total. The average molecular weight is 323 g/mol. The van der Waals surface area contributed by atoms with Gasteiger partial charge in [-0.05, 0) is 55.1 Å². The summed E-state index contributed by atoms with van der Waals surface area (Å²) in [6, 6.07) is 10.6. The van der Waals surface area contributed by atoms with E-state index in [1.54, 1.807) is 11.3 Å². The number of hydrogen-bond donors (Lipinski definition) is 1. The predicted octanol–water partition coefficient (Wildman–Crippen LogP) is 4.62. The molecule has 21 heavy (non-hydrogen) atoms. The summed E-state index contributed by atoms with van der Waals surface area (Å²) >= 11 is 7.75. The maximum atomic E-state index is 6.40. The van der Waals surface area contributed by atoms with Gasteiger partial charge < -0.3 is 5.73 Å². The highest BCUT2D eigenvalue weighted by Gasteiger charge is 2.25. The van der Waals surface area contributed by atoms with E-state index in [0.29, 0.717) is 0 Å². The molecular weight excluding hydrogens is 300 g/mol. The van der Waals surface area contributed by atoms with Gasteiger partial charge in [0.25, 0.3) is 0 Å². The Balaban J connectivity index is 2.20. The van der Waals surface area contributed by atoms with Gasteiger partial charge in [-0.3, -0.25) is 4.90 Å². The first-order valence-corrected chi connectivity index (χ1v) is 8.53. The largest absolute Gasteiger partial charge is 0.326 e. The summed E-state index contributed by atoms with van der Waals surface area (Å²) in [5, 5.41) is 2.92. The molecule has 114 valence electrons. The predicted molar refractivity (Wildman–Crippen MR) is 93.0 cm³/mol. The minimum atomic E-state index is 0.139. The molecule has 0 radical (unpaired) electrons. The number of nitrogens with two attached hydrogens (primary N) is 1. The van der Waals surface area contributed by atoms with Gasteiger partial charge in [-0.2, -0.15) is 0 Å². The number of rotatable bonds is 6. The molecule has 0 aliphatic rings. The minimum absolute atomic E-state index is 0.139. The monoisotopic (exact) mass is 322 g/mol. The standard InChI is InChI=1S/C17H23ClN2S/c1-4-15(19)16(17-12(2)9-10-21-17)20(3)11-13-5-7-14(18)8-6-13/h5-10,15-16H,4,11,19H2,1-3H3. The molecule has 2 unspecified atom stereocenters. The Kier molecular flexibility index (Phi) is 5.82. The first-order chi connectivity index (χ1) is 10.0. The first-order valence-electron chi connectivity index (χ1n) is 7.27. The van der Waals surface area contributed by atoms with Gasteiger partial charge in [0.1, 0.15) is 0 Å². The number of thiophene rings is 1. The van der Waals surface area contributed by atoms with Crippen molar-refractivity contribution in [1.82, 2.24) is 4.90 Å². The number of nitrogens with zero attached hydrogens (tertiary/aromatic N) is 1. The summed E-state index contributed by atoms with van der Waals surface area (Å²) in [7, 11) is 2.15. The van der Waals surface area contributed by atoms with Crippen molar-refractivity contribution in [3.05, 3.63) is 56.7 Å². The molecule has 0 aliphatic carbocycles. The molecule has 2 aromatic rings. The molecule has 1 aromatic heterocycles. The third-order valence-corrected chi connectivity index (χ3v) is 5.21. The molecule has 0 saturated heterocycles. The molecule has 2 nitrogen and oxygen atoms in total. The second-order valence-electron chi connectivity index (χ2n) is 5.53. The van der Waals surface area contributed by atoms with Crippen LogP contribution in [-0.2, 0) is 6.54 Å². The van der Waals surface area contributed by atoms with Gasteiger partial charge in [-0.25, -0.2) is 0 Å². The molecule has 0 bridgehead atoms. The molecule has 1 aromatic carbocycles. The first kappa shape index (κ1) is 16.5. The van der Waals surface area contributed by atoms with Gasteiger partial charge in [-0.1, -0.05) is 30.7 Å². The topological polar surface area (TPSA) is 29.3 Å². The van der Waals surface area contributed by atoms with Crippen molar-refractivity contribution in [2.75, 3.05) is 7.05 Å². The van der Waals surface area contributed by atoms with Gasteiger partial charge in [0, 0.05) is 22.5 Å². The number of likely N-dealkylation sites (N-methyl/N-ethyl adjacent to an activating group) is 1. The van der Waals surface area contributed by atoms with Crippen LogP contribution in [-0.4, -0.2) is 18.0 Å². The fourth-order valence-electron chi connectivity index (χ4n) is 2.61. The van der Waals surface area contributed by atoms with E-state index in [2.05, 4.69) is 49.4 Å². The zero-order chi connectivity index (χ0) is 15.4. The van der Waals surface area contributed by atoms with Crippen LogP contribution in [0.4, 0.5) is 0 Å². The van der Waals surface area contributed by atoms with Gasteiger partial charge in [0.05, 0.1) is 6.04 Å². The summed E-state index contributed by atoms with van der Waals surface area (Å²) in [5.41, 5.74) is 8.98. The van der Waals surface area contributed by atoms with E-state index in [4.69, 9.17) is 17.3 Å². The van der Waals surface area contributed by atoms with Crippen molar-refractivity contribution >= 4 is 22.9 Å². The van der Waals surface area contributed by atoms with Crippen LogP contribution in [0.25, 0.3) is 0 Å². The van der Waals surface area contributed by atoms with Crippen LogP contribution in [0.3, 0.4) is 0 Å². The third kappa shape index (κ3) is 4.07. The third-order valence-electron chi connectivity index (χ3n) is 3.87. The molecule has 0 amide bonds. The van der Waals surface area contributed by atoms with Gasteiger partial charge in [-0.15, -0.1) is 11.3 Å². The number of hydrogen-bond acceptors (Lipinski definition) is 3. The van der Waals surface area contributed by atoms with Crippen LogP contribution in [0.2, 0.25) is 5.02 Å². The zero-order valence-electron chi connectivity index (χ0n) is 12.8. The normalized spacial score (nSPS) is 14.4. The fourth-order valence-corrected chi connectivity index (χ4v) is 3.90. The van der Waals surface area contributed by atoms with Gasteiger partial charge in [0.15, 0.2) is 0 Å². The van der Waals surface area contributed by atoms with Crippen LogP contribution in [0.15, 0.2) is 35.7 Å². The fraction of sp³-hybridized carbons (Fsp3) is 0.412. The summed E-state index contributed by atoms with van der Waals surface area (Å²) in [4.78, 5) is 3.72. The summed E-state index contributed by atoms with van der Waals surface area (Å²) in [6.07, 6.45) is 0.965. The van der Waals surface area contributed by atoms with Crippen molar-refractivity contribution in [2.45, 2.75) is 38.9 Å². The number of benzene rings is 1. The van der Waals surface area contributed by atoms with E-state index >= 15 is 0 Å². The Labute approximate surface area is 136 Å². The lowest BCUT2D eigenvalue weighted by molar-refractivity contribution is 0.204. The van der Waals surface area contributed by atoms with Crippen LogP contribution >= 0.6 is 22.9 Å². The average Bonchev–Trinajstić information content (AvgIpc) is 2.87. The lowest BCUT2D eigenvalue weighted by Crippen LogP contribution is -2.38. The molecule has 1 heterocycles. The maximum absolute atomic E-state index is 6.40. The second kappa shape index (κ2) is 7.41. The molecule has 0 saturated carbocycles. The molecule has 2 rings (SSSR count). The van der Waals surface area contributed by atoms with Crippen molar-refractivity contribution in [2.24, 2.45) is 5.73 Å². The molecule has 2 atom stereocenters. The summed E-state index contributed by atoms with van der Waals surface area (Å²) in [6.45, 7) is 5.18. The van der Waals surface area contributed by atoms with Crippen molar-refractivity contribution < 1.29 is 0 Å². The highest BCUT2D eigenvalue weighted by atomic mass is 35.5. The second-order valence-corrected chi connectivity index (χ2v) is 6.91. The Bertz CT molecular complexity index is 564. The van der Waals surface area contributed by atoms with Crippen molar-refractivity contribution in [3.8, 4) is 0 Å². The SMILES string of the molecule is CCC(N)C(c1sccc1C)N(C)Cc1ccc(Cl)cc1. The van der Waals surface area contributed by atoms with E-state index in [0.717, 1.165) is 18.0 Å². The minimum Gasteiger partial charge on any atom is -0.326 e. The molecule has 0 fully saturated rings. The Hall–Kier alpha value is -0.870. The van der Waals surface area contributed by atoms with Crippen LogP contribution in [0.5, 0.6) is 0 Å². The molecular formula is C17H23ClN2S. The van der Waals surface area contributed by atoms with E-state index < -0.39 is 0 Å². The van der Waals surface area contributed by atoms with E-state index in [9.17, 15) is 0 Å². The summed E-state index contributed by atoms with van der Waals surface area (Å²) < 4.78 is 0. The van der Waals surface area contributed by atoms with Crippen molar-refractivity contribution in [3.63, 3.8) is 0 Å². The van der Waals surface area contributed by atoms with E-state index in [1.807, 2.05) is 12.1 Å². The quantitative estimate of drug-likeness (QED) is 0.840. The zero-order valence-corrected chi connectivity index (χ0v) is 14.4. The lowest BCUT2D eigenvalue weighted by atomic mass is 10.0. The summed E-state index contributed by atoms with van der Waals surface area (Å²) in [5.74, 6) is 0. The van der Waals surface area contributed by atoms with E-state index in [-0.39, 0.29) is 12.1 Å². The number of halogens is 1. The van der Waals surface area contributed by atoms with Crippen LogP contribution in [0.1, 0.15) is 35.4 Å². The Morgan fingerprint density at radius 1 is 1.24 bits per heavy atom. The smallest absolute Gasteiger partial charge is 0.0596 e. The molecule has 4 heteroatoms. The van der Waals surface area contributed by atoms with E-state index in [1.165, 1.54) is 16.0 Å². The van der Waals surface area contributed by atoms with Crippen molar-refractivity contribution in [1.29, 1.82) is 0 Å². The Morgan fingerprint density at radius 3 is 2.43 bits per heavy atom.